The summed E-state index contributed by atoms with van der Waals surface area (Å²) in [5, 5.41) is 0. The second kappa shape index (κ2) is 2.02. The normalized spacial score (nSPS) is 9.29. The van der Waals surface area contributed by atoms with Gasteiger partial charge in [0.25, 0.3) is 0 Å². The quantitative estimate of drug-likeness (QED) is 0.551. The van der Waals surface area contributed by atoms with E-state index in [0.717, 1.165) is 0 Å². The molecule has 1 rings (SSSR count). The van der Waals surface area contributed by atoms with Crippen LogP contribution in [0.2, 0.25) is 0 Å². The summed E-state index contributed by atoms with van der Waals surface area (Å²) >= 11 is 4.62. The molecule has 1 radical (unpaired) electrons. The zero-order valence-electron chi connectivity index (χ0n) is 3.63. The molecule has 3 heteroatoms. The summed E-state index contributed by atoms with van der Waals surface area (Å²) in [6.07, 6.45) is 3.10. The van der Waals surface area contributed by atoms with Crippen molar-refractivity contribution < 1.29 is 4.42 Å². The van der Waals surface area contributed by atoms with E-state index in [9.17, 15) is 0 Å². The van der Waals surface area contributed by atoms with Gasteiger partial charge >= 0.3 is 0 Å². The van der Waals surface area contributed by atoms with Crippen LogP contribution >= 0.6 is 12.6 Å². The summed E-state index contributed by atoms with van der Waals surface area (Å²) in [7, 11) is 0. The molecule has 0 amide bonds. The molecule has 37 valence electrons. The molecule has 0 aliphatic carbocycles. The van der Waals surface area contributed by atoms with Gasteiger partial charge in [-0.25, -0.2) is 4.98 Å². The highest BCUT2D eigenvalue weighted by molar-refractivity contribution is 7.79. The molecule has 2 nitrogen and oxygen atoms in total. The fraction of sp³-hybridized carbons (Fsp3) is 0.250. The maximum atomic E-state index is 4.77. The molecule has 0 N–H and O–H groups in total. The highest BCUT2D eigenvalue weighted by atomic mass is 32.1. The second-order valence-electron chi connectivity index (χ2n) is 1.07. The van der Waals surface area contributed by atoms with Crippen molar-refractivity contribution in [2.45, 2.75) is 5.75 Å². The van der Waals surface area contributed by atoms with Crippen molar-refractivity contribution in [1.82, 2.24) is 4.98 Å². The van der Waals surface area contributed by atoms with Gasteiger partial charge in [0.1, 0.15) is 6.26 Å². The topological polar surface area (TPSA) is 26.0 Å². The lowest BCUT2D eigenvalue weighted by Gasteiger charge is -1.76. The molecular weight excluding hydrogens is 110 g/mol. The Labute approximate surface area is 47.0 Å². The first-order valence-corrected chi connectivity index (χ1v) is 2.47. The number of nitrogens with zero attached hydrogens (tertiary/aromatic N) is 1. The first kappa shape index (κ1) is 4.71. The van der Waals surface area contributed by atoms with Gasteiger partial charge in [-0.15, -0.1) is 0 Å². The van der Waals surface area contributed by atoms with Crippen LogP contribution in [-0.2, 0) is 5.75 Å². The lowest BCUT2D eigenvalue weighted by atomic mass is 10.8. The van der Waals surface area contributed by atoms with E-state index in [1.807, 2.05) is 0 Å². The van der Waals surface area contributed by atoms with E-state index >= 15 is 0 Å². The summed E-state index contributed by atoms with van der Waals surface area (Å²) < 4.78 is 4.77. The number of rotatable bonds is 1. The Bertz CT molecular complexity index is 126. The molecule has 0 unspecified atom stereocenters. The molecule has 0 aliphatic heterocycles. The summed E-state index contributed by atoms with van der Waals surface area (Å²) in [6, 6.07) is 0. The van der Waals surface area contributed by atoms with Crippen molar-refractivity contribution in [3.8, 4) is 0 Å². The third kappa shape index (κ3) is 0.962. The monoisotopic (exact) mass is 114 g/mol. The first-order valence-electron chi connectivity index (χ1n) is 1.90. The Morgan fingerprint density at radius 2 is 2.71 bits per heavy atom. The summed E-state index contributed by atoms with van der Waals surface area (Å²) in [5.74, 6) is 1.09. The largest absolute Gasteiger partial charge is 0.448 e. The maximum Gasteiger partial charge on any atom is 0.204 e. The third-order valence-electron chi connectivity index (χ3n) is 0.607. The lowest BCUT2D eigenvalue weighted by Crippen LogP contribution is -1.70. The van der Waals surface area contributed by atoms with E-state index in [2.05, 4.69) is 17.6 Å². The van der Waals surface area contributed by atoms with Crippen molar-refractivity contribution in [1.29, 1.82) is 0 Å². The minimum atomic E-state index is 0.465. The number of aromatic nitrogens is 1. The van der Waals surface area contributed by atoms with Crippen LogP contribution in [0.5, 0.6) is 0 Å². The second-order valence-corrected chi connectivity index (χ2v) is 1.36. The average Bonchev–Trinajstić information content (AvgIpc) is 2.14. The third-order valence-corrected chi connectivity index (χ3v) is 0.854. The van der Waals surface area contributed by atoms with Crippen molar-refractivity contribution >= 4 is 12.6 Å². The van der Waals surface area contributed by atoms with E-state index < -0.39 is 0 Å². The maximum absolute atomic E-state index is 4.77. The van der Waals surface area contributed by atoms with Gasteiger partial charge in [0, 0.05) is 0 Å². The van der Waals surface area contributed by atoms with Gasteiger partial charge in [0.05, 0.1) is 11.9 Å². The fourth-order valence-electron chi connectivity index (χ4n) is 0.324. The fourth-order valence-corrected chi connectivity index (χ4v) is 0.467. The van der Waals surface area contributed by atoms with E-state index in [0.29, 0.717) is 11.6 Å². The molecule has 0 saturated carbocycles. The van der Waals surface area contributed by atoms with Crippen molar-refractivity contribution in [3.63, 3.8) is 0 Å². The van der Waals surface area contributed by atoms with E-state index in [1.54, 1.807) is 6.20 Å². The SMILES string of the molecule is [S]Cc1ncco1. The van der Waals surface area contributed by atoms with Crippen molar-refractivity contribution in [2.24, 2.45) is 0 Å². The predicted molar refractivity (Wildman–Crippen MR) is 27.8 cm³/mol. The molecule has 0 saturated heterocycles. The van der Waals surface area contributed by atoms with Crippen LogP contribution in [0.25, 0.3) is 0 Å². The van der Waals surface area contributed by atoms with Gasteiger partial charge in [-0.1, -0.05) is 12.6 Å². The van der Waals surface area contributed by atoms with Crippen LogP contribution in [0.4, 0.5) is 0 Å². The van der Waals surface area contributed by atoms with Gasteiger partial charge in [-0.2, -0.15) is 0 Å². The standard InChI is InChI=1S/C4H4NOS/c7-3-4-5-1-2-6-4/h1-2H,3H2. The summed E-state index contributed by atoms with van der Waals surface area (Å²) in [4.78, 5) is 3.76. The summed E-state index contributed by atoms with van der Waals surface area (Å²) in [6.45, 7) is 0. The van der Waals surface area contributed by atoms with Gasteiger partial charge in [-0.05, 0) is 0 Å². The van der Waals surface area contributed by atoms with Crippen LogP contribution in [0.3, 0.4) is 0 Å². The zero-order valence-corrected chi connectivity index (χ0v) is 4.44. The molecule has 0 aliphatic rings. The minimum Gasteiger partial charge on any atom is -0.448 e. The molecule has 0 fully saturated rings. The minimum absolute atomic E-state index is 0.465. The Morgan fingerprint density at radius 1 is 1.86 bits per heavy atom. The highest BCUT2D eigenvalue weighted by Crippen LogP contribution is 1.96. The van der Waals surface area contributed by atoms with E-state index in [1.165, 1.54) is 6.26 Å². The van der Waals surface area contributed by atoms with E-state index in [4.69, 9.17) is 4.42 Å². The first-order chi connectivity index (χ1) is 3.43. The van der Waals surface area contributed by atoms with Gasteiger partial charge in [0.15, 0.2) is 0 Å². The Balaban J connectivity index is 2.76. The average molecular weight is 114 g/mol. The van der Waals surface area contributed by atoms with Gasteiger partial charge in [0.2, 0.25) is 5.89 Å². The molecule has 0 spiro atoms. The van der Waals surface area contributed by atoms with Crippen molar-refractivity contribution in [2.75, 3.05) is 0 Å². The molecule has 0 bridgehead atoms. The summed E-state index contributed by atoms with van der Waals surface area (Å²) in [5.41, 5.74) is 0. The van der Waals surface area contributed by atoms with Gasteiger partial charge < -0.3 is 4.42 Å². The lowest BCUT2D eigenvalue weighted by molar-refractivity contribution is 0.517. The highest BCUT2D eigenvalue weighted by Gasteiger charge is 1.87. The van der Waals surface area contributed by atoms with Crippen molar-refractivity contribution in [3.05, 3.63) is 18.4 Å². The Morgan fingerprint density at radius 3 is 3.00 bits per heavy atom. The zero-order chi connectivity index (χ0) is 5.11. The smallest absolute Gasteiger partial charge is 0.204 e. The molecule has 1 aromatic heterocycles. The van der Waals surface area contributed by atoms with Crippen LogP contribution in [-0.4, -0.2) is 4.98 Å². The Kier molecular flexibility index (Phi) is 1.36. The van der Waals surface area contributed by atoms with Crippen LogP contribution in [0, 0.1) is 0 Å². The van der Waals surface area contributed by atoms with Crippen LogP contribution in [0.1, 0.15) is 5.89 Å². The van der Waals surface area contributed by atoms with Gasteiger partial charge in [-0.3, -0.25) is 0 Å². The number of hydrogen-bond acceptors (Lipinski definition) is 2. The predicted octanol–water partition coefficient (Wildman–Crippen LogP) is 1.37. The van der Waals surface area contributed by atoms with E-state index in [-0.39, 0.29) is 0 Å². The molecule has 7 heavy (non-hydrogen) atoms. The molecular formula is C4H4NOS. The van der Waals surface area contributed by atoms with Crippen LogP contribution in [0.15, 0.2) is 16.9 Å². The van der Waals surface area contributed by atoms with Crippen LogP contribution < -0.4 is 0 Å². The molecule has 1 heterocycles. The molecule has 0 atom stereocenters. The number of oxazole rings is 1. The molecule has 0 aromatic carbocycles. The molecule has 1 aromatic rings. The number of hydrogen-bond donors (Lipinski definition) is 0. The Hall–Kier alpha value is -0.440.